The number of phenolic OH excluding ortho intramolecular Hbond substituents is 1. The molecule has 4 unspecified atom stereocenters. The number of carbonyl (C=O) groups is 4. The highest BCUT2D eigenvalue weighted by Crippen LogP contribution is 2.20. The fourth-order valence-corrected chi connectivity index (χ4v) is 4.76. The Bertz CT molecular complexity index is 1390. The SMILES string of the molecule is CC(C)C(NC(=O)C(Cc1ccc(O)cc1)NC(=O)C(Cc1c[nH]c2ccccc12)NC(=O)C(N)CCCCN)C(=O)O. The van der Waals surface area contributed by atoms with Crippen LogP contribution in [0.1, 0.15) is 44.2 Å². The van der Waals surface area contributed by atoms with Crippen LogP contribution in [0.5, 0.6) is 5.75 Å². The number of nitrogens with two attached hydrogens (primary N) is 2. The van der Waals surface area contributed by atoms with Gasteiger partial charge in [-0.25, -0.2) is 4.79 Å². The molecule has 0 fully saturated rings. The summed E-state index contributed by atoms with van der Waals surface area (Å²) in [6.45, 7) is 3.80. The van der Waals surface area contributed by atoms with Gasteiger partial charge in [0, 0.05) is 29.9 Å². The van der Waals surface area contributed by atoms with Crippen LogP contribution in [0.15, 0.2) is 54.7 Å². The zero-order valence-electron chi connectivity index (χ0n) is 24.5. The lowest BCUT2D eigenvalue weighted by Gasteiger charge is -2.26. The van der Waals surface area contributed by atoms with Gasteiger partial charge in [-0.15, -0.1) is 0 Å². The number of phenols is 1. The highest BCUT2D eigenvalue weighted by Gasteiger charge is 2.32. The van der Waals surface area contributed by atoms with Crippen molar-refractivity contribution in [3.8, 4) is 5.75 Å². The zero-order valence-corrected chi connectivity index (χ0v) is 24.5. The molecule has 3 amide bonds. The van der Waals surface area contributed by atoms with Crippen LogP contribution < -0.4 is 27.4 Å². The summed E-state index contributed by atoms with van der Waals surface area (Å²) in [5.41, 5.74) is 13.9. The standard InChI is InChI=1S/C31H42N6O6/c1-18(2)27(31(42)43)37-30(41)25(15-19-10-12-21(38)13-11-19)36-29(40)26(35-28(39)23(33)8-5-6-14-32)16-20-17-34-24-9-4-3-7-22(20)24/h3-4,7,9-13,17-18,23,25-27,34,38H,5-6,8,14-16,32-33H2,1-2H3,(H,35,39)(H,36,40)(H,37,41)(H,42,43). The number of carboxylic acids is 1. The molecule has 0 aliphatic carbocycles. The minimum absolute atomic E-state index is 0.00857. The number of carboxylic acid groups (broad SMARTS) is 1. The van der Waals surface area contributed by atoms with E-state index in [-0.39, 0.29) is 18.6 Å². The number of H-pyrrole nitrogens is 1. The van der Waals surface area contributed by atoms with E-state index in [1.807, 2.05) is 24.3 Å². The first kappa shape index (κ1) is 33.1. The first-order valence-electron chi connectivity index (χ1n) is 14.4. The number of amides is 3. The molecule has 0 saturated carbocycles. The smallest absolute Gasteiger partial charge is 0.326 e. The summed E-state index contributed by atoms with van der Waals surface area (Å²) in [5, 5.41) is 28.2. The monoisotopic (exact) mass is 594 g/mol. The Morgan fingerprint density at radius 2 is 1.49 bits per heavy atom. The van der Waals surface area contributed by atoms with Crippen LogP contribution in [0.3, 0.4) is 0 Å². The van der Waals surface area contributed by atoms with Crippen molar-refractivity contribution >= 4 is 34.6 Å². The molecule has 4 atom stereocenters. The van der Waals surface area contributed by atoms with E-state index in [2.05, 4.69) is 20.9 Å². The fraction of sp³-hybridized carbons (Fsp3) is 0.419. The number of benzene rings is 2. The van der Waals surface area contributed by atoms with E-state index in [4.69, 9.17) is 11.5 Å². The minimum atomic E-state index is -1.20. The van der Waals surface area contributed by atoms with Crippen LogP contribution in [-0.2, 0) is 32.0 Å². The van der Waals surface area contributed by atoms with Crippen molar-refractivity contribution < 1.29 is 29.4 Å². The number of unbranched alkanes of at least 4 members (excludes halogenated alkanes) is 1. The van der Waals surface area contributed by atoms with E-state index in [1.165, 1.54) is 12.1 Å². The van der Waals surface area contributed by atoms with Crippen molar-refractivity contribution in [3.63, 3.8) is 0 Å². The van der Waals surface area contributed by atoms with Crippen molar-refractivity contribution in [3.05, 3.63) is 65.9 Å². The van der Waals surface area contributed by atoms with Crippen molar-refractivity contribution in [2.75, 3.05) is 6.54 Å². The van der Waals surface area contributed by atoms with E-state index < -0.39 is 53.8 Å². The van der Waals surface area contributed by atoms with Crippen molar-refractivity contribution in [2.24, 2.45) is 17.4 Å². The van der Waals surface area contributed by atoms with Crippen LogP contribution in [0, 0.1) is 5.92 Å². The van der Waals surface area contributed by atoms with Gasteiger partial charge in [0.25, 0.3) is 0 Å². The fourth-order valence-electron chi connectivity index (χ4n) is 4.76. The number of hydrogen-bond acceptors (Lipinski definition) is 7. The lowest BCUT2D eigenvalue weighted by Crippen LogP contribution is -2.58. The van der Waals surface area contributed by atoms with Crippen LogP contribution >= 0.6 is 0 Å². The van der Waals surface area contributed by atoms with Crippen molar-refractivity contribution in [2.45, 2.75) is 70.1 Å². The van der Waals surface area contributed by atoms with Gasteiger partial charge in [-0.2, -0.15) is 0 Å². The van der Waals surface area contributed by atoms with Crippen molar-refractivity contribution in [1.82, 2.24) is 20.9 Å². The van der Waals surface area contributed by atoms with Crippen LogP contribution in [0.4, 0.5) is 0 Å². The molecule has 0 spiro atoms. The summed E-state index contributed by atoms with van der Waals surface area (Å²) in [7, 11) is 0. The predicted molar refractivity (Wildman–Crippen MR) is 163 cm³/mol. The lowest BCUT2D eigenvalue weighted by molar-refractivity contribution is -0.143. The van der Waals surface area contributed by atoms with Gasteiger partial charge in [-0.05, 0) is 54.6 Å². The Labute approximate surface area is 250 Å². The Balaban J connectivity index is 1.88. The molecule has 1 heterocycles. The van der Waals surface area contributed by atoms with Gasteiger partial charge in [0.05, 0.1) is 6.04 Å². The van der Waals surface area contributed by atoms with Crippen LogP contribution in [-0.4, -0.2) is 69.6 Å². The quantitative estimate of drug-likeness (QED) is 0.113. The van der Waals surface area contributed by atoms with Gasteiger partial charge in [-0.1, -0.05) is 50.6 Å². The molecular weight excluding hydrogens is 552 g/mol. The molecule has 3 aromatic rings. The van der Waals surface area contributed by atoms with E-state index in [0.29, 0.717) is 31.4 Å². The number of aliphatic carboxylic acids is 1. The highest BCUT2D eigenvalue weighted by molar-refractivity contribution is 5.95. The Morgan fingerprint density at radius 1 is 0.860 bits per heavy atom. The summed E-state index contributed by atoms with van der Waals surface area (Å²) >= 11 is 0. The molecule has 0 bridgehead atoms. The number of nitrogens with one attached hydrogen (secondary N) is 4. The maximum Gasteiger partial charge on any atom is 0.326 e. The number of aromatic hydroxyl groups is 1. The number of aromatic amines is 1. The zero-order chi connectivity index (χ0) is 31.5. The van der Waals surface area contributed by atoms with Crippen LogP contribution in [0.25, 0.3) is 10.9 Å². The first-order valence-corrected chi connectivity index (χ1v) is 14.4. The number of rotatable bonds is 16. The Hall–Kier alpha value is -4.42. The Morgan fingerprint density at radius 3 is 2.14 bits per heavy atom. The van der Waals surface area contributed by atoms with Gasteiger partial charge < -0.3 is 42.6 Å². The van der Waals surface area contributed by atoms with E-state index >= 15 is 0 Å². The number of aromatic nitrogens is 1. The second-order valence-electron chi connectivity index (χ2n) is 11.0. The van der Waals surface area contributed by atoms with Gasteiger partial charge >= 0.3 is 5.97 Å². The molecule has 1 aromatic heterocycles. The molecular formula is C31H42N6O6. The summed E-state index contributed by atoms with van der Waals surface area (Å²) < 4.78 is 0. The van der Waals surface area contributed by atoms with Gasteiger partial charge in [0.15, 0.2) is 0 Å². The first-order chi connectivity index (χ1) is 20.5. The van der Waals surface area contributed by atoms with Crippen LogP contribution in [0.2, 0.25) is 0 Å². The normalized spacial score (nSPS) is 14.1. The Kier molecular flexibility index (Phi) is 12.1. The van der Waals surface area contributed by atoms with Crippen molar-refractivity contribution in [1.29, 1.82) is 0 Å². The third kappa shape index (κ3) is 9.55. The summed E-state index contributed by atoms with van der Waals surface area (Å²) in [6, 6.07) is 9.33. The average molecular weight is 595 g/mol. The summed E-state index contributed by atoms with van der Waals surface area (Å²) in [6.07, 6.45) is 3.63. The van der Waals surface area contributed by atoms with E-state index in [1.54, 1.807) is 32.2 Å². The molecule has 12 nitrogen and oxygen atoms in total. The molecule has 43 heavy (non-hydrogen) atoms. The summed E-state index contributed by atoms with van der Waals surface area (Å²) in [5.74, 6) is -3.43. The molecule has 0 aliphatic rings. The molecule has 2 aromatic carbocycles. The highest BCUT2D eigenvalue weighted by atomic mass is 16.4. The number of fused-ring (bicyclic) bond motifs is 1. The lowest BCUT2D eigenvalue weighted by atomic mass is 10.00. The number of hydrogen-bond donors (Lipinski definition) is 8. The second kappa shape index (κ2) is 15.7. The third-order valence-electron chi connectivity index (χ3n) is 7.28. The molecule has 0 aliphatic heterocycles. The molecule has 0 saturated heterocycles. The number of carbonyl (C=O) groups excluding carboxylic acids is 3. The molecule has 3 rings (SSSR count). The minimum Gasteiger partial charge on any atom is -0.508 e. The molecule has 10 N–H and O–H groups in total. The molecule has 12 heteroatoms. The second-order valence-corrected chi connectivity index (χ2v) is 11.0. The molecule has 0 radical (unpaired) electrons. The maximum absolute atomic E-state index is 13.8. The number of para-hydroxylation sites is 1. The van der Waals surface area contributed by atoms with Gasteiger partial charge in [0.2, 0.25) is 17.7 Å². The summed E-state index contributed by atoms with van der Waals surface area (Å²) in [4.78, 5) is 55.2. The molecule has 232 valence electrons. The van der Waals surface area contributed by atoms with Gasteiger partial charge in [-0.3, -0.25) is 14.4 Å². The largest absolute Gasteiger partial charge is 0.508 e. The average Bonchev–Trinajstić information content (AvgIpc) is 3.38. The maximum atomic E-state index is 13.8. The van der Waals surface area contributed by atoms with E-state index in [9.17, 15) is 29.4 Å². The third-order valence-corrected chi connectivity index (χ3v) is 7.28. The predicted octanol–water partition coefficient (Wildman–Crippen LogP) is 1.31. The van der Waals surface area contributed by atoms with Gasteiger partial charge in [0.1, 0.15) is 23.9 Å². The topological polar surface area (TPSA) is 213 Å². The van der Waals surface area contributed by atoms with E-state index in [0.717, 1.165) is 16.5 Å².